The van der Waals surface area contributed by atoms with Gasteiger partial charge >= 0.3 is 0 Å². The van der Waals surface area contributed by atoms with Crippen LogP contribution >= 0.6 is 0 Å². The highest BCUT2D eigenvalue weighted by atomic mass is 32.2. The molecule has 0 radical (unpaired) electrons. The number of amides is 1. The van der Waals surface area contributed by atoms with Crippen LogP contribution in [-0.2, 0) is 9.84 Å². The summed E-state index contributed by atoms with van der Waals surface area (Å²) in [5.74, 6) is 0.527. The normalized spacial score (nSPS) is 11.2. The van der Waals surface area contributed by atoms with Crippen molar-refractivity contribution in [3.8, 4) is 11.4 Å². The van der Waals surface area contributed by atoms with Gasteiger partial charge in [-0.05, 0) is 18.2 Å². The number of hydrogen-bond donors (Lipinski definition) is 2. The van der Waals surface area contributed by atoms with Crippen molar-refractivity contribution >= 4 is 21.6 Å². The zero-order valence-corrected chi connectivity index (χ0v) is 13.5. The maximum atomic E-state index is 12.0. The molecule has 0 saturated carbocycles. The molecule has 1 aromatic carbocycles. The van der Waals surface area contributed by atoms with Crippen LogP contribution in [0.2, 0.25) is 0 Å². The molecule has 0 saturated heterocycles. The quantitative estimate of drug-likeness (QED) is 0.810. The minimum absolute atomic E-state index is 0.0650. The van der Waals surface area contributed by atoms with Crippen molar-refractivity contribution < 1.29 is 13.2 Å². The van der Waals surface area contributed by atoms with Crippen LogP contribution in [0.15, 0.2) is 36.5 Å². The summed E-state index contributed by atoms with van der Waals surface area (Å²) >= 11 is 0. The van der Waals surface area contributed by atoms with Gasteiger partial charge in [-0.1, -0.05) is 19.1 Å². The molecule has 0 fully saturated rings. The summed E-state index contributed by atoms with van der Waals surface area (Å²) in [6, 6.07) is 8.28. The van der Waals surface area contributed by atoms with Crippen LogP contribution in [0, 0.1) is 0 Å². The van der Waals surface area contributed by atoms with E-state index in [1.54, 1.807) is 43.5 Å². The average molecular weight is 334 g/mol. The van der Waals surface area contributed by atoms with Crippen LogP contribution in [-0.4, -0.2) is 42.3 Å². The summed E-state index contributed by atoms with van der Waals surface area (Å²) in [7, 11) is -3.09. The molecule has 1 heterocycles. The molecular weight excluding hydrogens is 316 g/mol. The van der Waals surface area contributed by atoms with Crippen LogP contribution in [0.4, 0.5) is 5.82 Å². The van der Waals surface area contributed by atoms with Gasteiger partial charge in [0.2, 0.25) is 0 Å². The van der Waals surface area contributed by atoms with Crippen LogP contribution in [0.1, 0.15) is 17.3 Å². The van der Waals surface area contributed by atoms with E-state index in [-0.39, 0.29) is 24.0 Å². The van der Waals surface area contributed by atoms with Crippen molar-refractivity contribution in [2.45, 2.75) is 6.92 Å². The minimum Gasteiger partial charge on any atom is -0.384 e. The number of hydrogen-bond acceptors (Lipinski definition) is 6. The van der Waals surface area contributed by atoms with E-state index < -0.39 is 9.84 Å². The maximum Gasteiger partial charge on any atom is 0.251 e. The number of aromatic nitrogens is 2. The Kier molecular flexibility index (Phi) is 5.28. The number of carbonyl (C=O) groups excluding carboxylic acids is 1. The number of carbonyl (C=O) groups is 1. The van der Waals surface area contributed by atoms with Gasteiger partial charge < -0.3 is 11.1 Å². The molecule has 2 aromatic rings. The predicted octanol–water partition coefficient (Wildman–Crippen LogP) is 0.890. The van der Waals surface area contributed by atoms with Gasteiger partial charge in [0.25, 0.3) is 5.91 Å². The predicted molar refractivity (Wildman–Crippen MR) is 88.5 cm³/mol. The molecule has 1 aromatic heterocycles. The summed E-state index contributed by atoms with van der Waals surface area (Å²) in [5, 5.41) is 2.59. The van der Waals surface area contributed by atoms with Gasteiger partial charge in [0.05, 0.1) is 5.75 Å². The lowest BCUT2D eigenvalue weighted by Gasteiger charge is -2.06. The third-order valence-corrected chi connectivity index (χ3v) is 4.93. The summed E-state index contributed by atoms with van der Waals surface area (Å²) < 4.78 is 22.7. The Morgan fingerprint density at radius 1 is 1.22 bits per heavy atom. The van der Waals surface area contributed by atoms with E-state index in [9.17, 15) is 13.2 Å². The molecule has 0 aliphatic carbocycles. The lowest BCUT2D eigenvalue weighted by atomic mass is 10.1. The first-order chi connectivity index (χ1) is 10.9. The monoisotopic (exact) mass is 334 g/mol. The highest BCUT2D eigenvalue weighted by molar-refractivity contribution is 7.91. The van der Waals surface area contributed by atoms with E-state index in [4.69, 9.17) is 5.73 Å². The van der Waals surface area contributed by atoms with Crippen molar-refractivity contribution in [1.82, 2.24) is 15.3 Å². The fraction of sp³-hybridized carbons (Fsp3) is 0.267. The Hall–Kier alpha value is -2.48. The topological polar surface area (TPSA) is 115 Å². The van der Waals surface area contributed by atoms with Crippen molar-refractivity contribution in [1.29, 1.82) is 0 Å². The molecule has 0 bridgehead atoms. The Bertz CT molecular complexity index is 789. The van der Waals surface area contributed by atoms with Crippen molar-refractivity contribution in [2.75, 3.05) is 23.8 Å². The molecule has 122 valence electrons. The first-order valence-corrected chi connectivity index (χ1v) is 8.91. The fourth-order valence-electron chi connectivity index (χ4n) is 1.85. The van der Waals surface area contributed by atoms with E-state index in [0.717, 1.165) is 5.56 Å². The number of nitrogens with zero attached hydrogens (tertiary/aromatic N) is 2. The number of nitrogens with one attached hydrogen (secondary N) is 1. The Balaban J connectivity index is 2.00. The standard InChI is InChI=1S/C15H18N4O3S/c1-2-23(21,22)10-9-18-15(20)12-5-3-11(4-6-12)14-17-8-7-13(16)19-14/h3-8H,2,9-10H2,1H3,(H,18,20)(H2,16,17,19). The molecule has 0 aliphatic heterocycles. The molecule has 0 aliphatic rings. The maximum absolute atomic E-state index is 12.0. The second-order valence-corrected chi connectivity index (χ2v) is 7.35. The first-order valence-electron chi connectivity index (χ1n) is 7.09. The molecule has 0 atom stereocenters. The average Bonchev–Trinajstić information content (AvgIpc) is 2.55. The third-order valence-electron chi connectivity index (χ3n) is 3.22. The van der Waals surface area contributed by atoms with Gasteiger partial charge in [-0.15, -0.1) is 0 Å². The SMILES string of the molecule is CCS(=O)(=O)CCNC(=O)c1ccc(-c2nccc(N)n2)cc1. The zero-order valence-electron chi connectivity index (χ0n) is 12.7. The van der Waals surface area contributed by atoms with E-state index in [2.05, 4.69) is 15.3 Å². The number of nitrogens with two attached hydrogens (primary N) is 1. The molecule has 2 rings (SSSR count). The highest BCUT2D eigenvalue weighted by Gasteiger charge is 2.10. The van der Waals surface area contributed by atoms with Crippen molar-refractivity contribution in [2.24, 2.45) is 0 Å². The largest absolute Gasteiger partial charge is 0.384 e. The van der Waals surface area contributed by atoms with E-state index in [1.165, 1.54) is 0 Å². The molecule has 3 N–H and O–H groups in total. The fourth-order valence-corrected chi connectivity index (χ4v) is 2.55. The van der Waals surface area contributed by atoms with Crippen molar-refractivity contribution in [3.63, 3.8) is 0 Å². The lowest BCUT2D eigenvalue weighted by molar-refractivity contribution is 0.0956. The summed E-state index contributed by atoms with van der Waals surface area (Å²) in [5.41, 5.74) is 6.79. The number of rotatable bonds is 6. The number of anilines is 1. The summed E-state index contributed by atoms with van der Waals surface area (Å²) in [6.07, 6.45) is 1.56. The number of sulfone groups is 1. The molecule has 7 nitrogen and oxygen atoms in total. The van der Waals surface area contributed by atoms with Gasteiger partial charge in [-0.3, -0.25) is 4.79 Å². The van der Waals surface area contributed by atoms with Crippen LogP contribution in [0.25, 0.3) is 11.4 Å². The second-order valence-electron chi connectivity index (χ2n) is 4.87. The number of benzene rings is 1. The van der Waals surface area contributed by atoms with Gasteiger partial charge in [0, 0.05) is 29.6 Å². The zero-order chi connectivity index (χ0) is 16.9. The molecule has 0 spiro atoms. The van der Waals surface area contributed by atoms with Gasteiger partial charge in [-0.25, -0.2) is 18.4 Å². The minimum atomic E-state index is -3.09. The Morgan fingerprint density at radius 2 is 1.91 bits per heavy atom. The van der Waals surface area contributed by atoms with E-state index in [1.807, 2.05) is 0 Å². The third kappa shape index (κ3) is 4.75. The second kappa shape index (κ2) is 7.19. The molecule has 0 unspecified atom stereocenters. The smallest absolute Gasteiger partial charge is 0.251 e. The van der Waals surface area contributed by atoms with Crippen molar-refractivity contribution in [3.05, 3.63) is 42.1 Å². The van der Waals surface area contributed by atoms with Crippen LogP contribution in [0.3, 0.4) is 0 Å². The van der Waals surface area contributed by atoms with Gasteiger partial charge in [-0.2, -0.15) is 0 Å². The van der Waals surface area contributed by atoms with E-state index in [0.29, 0.717) is 17.2 Å². The molecular formula is C15H18N4O3S. The Morgan fingerprint density at radius 3 is 2.52 bits per heavy atom. The van der Waals surface area contributed by atoms with Crippen LogP contribution in [0.5, 0.6) is 0 Å². The van der Waals surface area contributed by atoms with Gasteiger partial charge in [0.15, 0.2) is 15.7 Å². The Labute approximate surface area is 134 Å². The molecule has 1 amide bonds. The van der Waals surface area contributed by atoms with Gasteiger partial charge in [0.1, 0.15) is 5.82 Å². The van der Waals surface area contributed by atoms with E-state index >= 15 is 0 Å². The highest BCUT2D eigenvalue weighted by Crippen LogP contribution is 2.16. The van der Waals surface area contributed by atoms with Crippen LogP contribution < -0.4 is 11.1 Å². The summed E-state index contributed by atoms with van der Waals surface area (Å²) in [6.45, 7) is 1.67. The molecule has 8 heteroatoms. The molecule has 23 heavy (non-hydrogen) atoms. The first kappa shape index (κ1) is 16.9. The lowest BCUT2D eigenvalue weighted by Crippen LogP contribution is -2.29. The number of nitrogen functional groups attached to an aromatic ring is 1. The summed E-state index contributed by atoms with van der Waals surface area (Å²) in [4.78, 5) is 20.2.